The van der Waals surface area contributed by atoms with Gasteiger partial charge in [0.15, 0.2) is 5.78 Å². The Bertz CT molecular complexity index is 735. The molecule has 5 nitrogen and oxygen atoms in total. The van der Waals surface area contributed by atoms with Crippen LogP contribution in [0.1, 0.15) is 53.4 Å². The molecule has 2 saturated heterocycles. The Labute approximate surface area is 160 Å². The van der Waals surface area contributed by atoms with Crippen LogP contribution in [0, 0.1) is 29.1 Å². The second-order valence-electron chi connectivity index (χ2n) is 10.1. The highest BCUT2D eigenvalue weighted by molar-refractivity contribution is 5.94. The van der Waals surface area contributed by atoms with Crippen molar-refractivity contribution in [3.8, 4) is 0 Å². The number of carbonyl (C=O) groups excluding carboxylic acids is 2. The molecule has 0 N–H and O–H groups in total. The lowest BCUT2D eigenvalue weighted by atomic mass is 9.51. The number of ketones is 1. The van der Waals surface area contributed by atoms with Crippen LogP contribution in [0.2, 0.25) is 0 Å². The van der Waals surface area contributed by atoms with Gasteiger partial charge < -0.3 is 14.2 Å². The van der Waals surface area contributed by atoms with Crippen LogP contribution >= 0.6 is 0 Å². The Balaban J connectivity index is 1.49. The van der Waals surface area contributed by atoms with Crippen molar-refractivity contribution in [1.82, 2.24) is 0 Å². The number of ether oxygens (including phenoxy) is 3. The quantitative estimate of drug-likeness (QED) is 0.561. The normalized spacial score (nSPS) is 49.3. The molecule has 0 amide bonds. The molecule has 0 aromatic carbocycles. The first-order valence-corrected chi connectivity index (χ1v) is 10.4. The van der Waals surface area contributed by atoms with Gasteiger partial charge in [-0.1, -0.05) is 6.92 Å². The molecule has 5 heteroatoms. The minimum absolute atomic E-state index is 0.00955. The highest BCUT2D eigenvalue weighted by Crippen LogP contribution is 2.72. The number of epoxide rings is 2. The maximum atomic E-state index is 13.3. The van der Waals surface area contributed by atoms with E-state index in [2.05, 4.69) is 20.8 Å². The van der Waals surface area contributed by atoms with Gasteiger partial charge in [-0.3, -0.25) is 9.59 Å². The van der Waals surface area contributed by atoms with Gasteiger partial charge in [-0.15, -0.1) is 0 Å². The summed E-state index contributed by atoms with van der Waals surface area (Å²) in [6.07, 6.45) is 6.22. The van der Waals surface area contributed by atoms with E-state index in [0.717, 1.165) is 37.9 Å². The molecule has 2 heterocycles. The summed E-state index contributed by atoms with van der Waals surface area (Å²) in [6, 6.07) is 0. The molecule has 148 valence electrons. The van der Waals surface area contributed by atoms with E-state index in [0.29, 0.717) is 11.8 Å². The van der Waals surface area contributed by atoms with Gasteiger partial charge in [-0.25, -0.2) is 0 Å². The van der Waals surface area contributed by atoms with Crippen LogP contribution in [-0.2, 0) is 23.8 Å². The third-order valence-electron chi connectivity index (χ3n) is 8.46. The van der Waals surface area contributed by atoms with Crippen molar-refractivity contribution in [2.45, 2.75) is 70.7 Å². The molecule has 2 saturated carbocycles. The van der Waals surface area contributed by atoms with Gasteiger partial charge in [0.1, 0.15) is 12.2 Å². The van der Waals surface area contributed by atoms with Gasteiger partial charge in [0.25, 0.3) is 0 Å². The fourth-order valence-electron chi connectivity index (χ4n) is 7.23. The Kier molecular flexibility index (Phi) is 3.60. The molecule has 4 fully saturated rings. The Morgan fingerprint density at radius 2 is 1.96 bits per heavy atom. The van der Waals surface area contributed by atoms with Gasteiger partial charge >= 0.3 is 5.97 Å². The molecule has 1 spiro atoms. The number of hydrogen-bond donors (Lipinski definition) is 0. The lowest BCUT2D eigenvalue weighted by Crippen LogP contribution is -2.53. The second-order valence-corrected chi connectivity index (χ2v) is 10.1. The molecule has 0 radical (unpaired) electrons. The van der Waals surface area contributed by atoms with Crippen LogP contribution in [0.5, 0.6) is 0 Å². The van der Waals surface area contributed by atoms with E-state index in [1.807, 2.05) is 0 Å². The molecule has 0 unspecified atom stereocenters. The fourth-order valence-corrected chi connectivity index (χ4v) is 7.23. The number of allylic oxidation sites excluding steroid dienone is 1. The van der Waals surface area contributed by atoms with E-state index in [1.54, 1.807) is 6.08 Å². The Hall–Kier alpha value is -1.20. The average Bonchev–Trinajstić information content (AvgIpc) is 3.46. The first kappa shape index (κ1) is 17.9. The lowest BCUT2D eigenvalue weighted by molar-refractivity contribution is -0.141. The summed E-state index contributed by atoms with van der Waals surface area (Å²) in [7, 11) is 0. The molecule has 0 aromatic rings. The maximum Gasteiger partial charge on any atom is 0.302 e. The molecule has 7 atom stereocenters. The first-order valence-electron chi connectivity index (χ1n) is 10.4. The number of fused-ring (bicyclic) bond motifs is 4. The number of rotatable bonds is 3. The zero-order valence-corrected chi connectivity index (χ0v) is 16.7. The SMILES string of the molecule is CC(=O)OCC1=CC(=O)[C@@H]2[C@H](CC[C@H]3[C@@]2(C)CC[C@]32OC2(C)C)[C@H]1[C@H]1CO1. The molecule has 5 aliphatic rings. The van der Waals surface area contributed by atoms with Crippen LogP contribution in [0.25, 0.3) is 0 Å². The van der Waals surface area contributed by atoms with Crippen molar-refractivity contribution in [1.29, 1.82) is 0 Å². The summed E-state index contributed by atoms with van der Waals surface area (Å²) in [4.78, 5) is 24.6. The van der Waals surface area contributed by atoms with E-state index in [4.69, 9.17) is 14.2 Å². The highest BCUT2D eigenvalue weighted by atomic mass is 16.6. The zero-order chi connectivity index (χ0) is 19.2. The molecular formula is C22H30O5. The minimum Gasteiger partial charge on any atom is -0.461 e. The summed E-state index contributed by atoms with van der Waals surface area (Å²) >= 11 is 0. The average molecular weight is 374 g/mol. The van der Waals surface area contributed by atoms with E-state index in [1.165, 1.54) is 6.92 Å². The molecule has 0 bridgehead atoms. The predicted molar refractivity (Wildman–Crippen MR) is 97.9 cm³/mol. The summed E-state index contributed by atoms with van der Waals surface area (Å²) in [5, 5.41) is 0. The van der Waals surface area contributed by atoms with E-state index >= 15 is 0 Å². The minimum atomic E-state index is -0.303. The van der Waals surface area contributed by atoms with Crippen LogP contribution in [0.15, 0.2) is 11.6 Å². The van der Waals surface area contributed by atoms with Crippen molar-refractivity contribution in [2.24, 2.45) is 29.1 Å². The molecule has 27 heavy (non-hydrogen) atoms. The largest absolute Gasteiger partial charge is 0.461 e. The zero-order valence-electron chi connectivity index (χ0n) is 16.7. The van der Waals surface area contributed by atoms with Gasteiger partial charge in [0.2, 0.25) is 0 Å². The molecule has 2 aliphatic heterocycles. The topological polar surface area (TPSA) is 68.4 Å². The second kappa shape index (κ2) is 5.44. The Morgan fingerprint density at radius 3 is 2.56 bits per heavy atom. The Morgan fingerprint density at radius 1 is 1.26 bits per heavy atom. The van der Waals surface area contributed by atoms with Crippen molar-refractivity contribution in [3.05, 3.63) is 11.6 Å². The summed E-state index contributed by atoms with van der Waals surface area (Å²) in [6.45, 7) is 9.11. The predicted octanol–water partition coefficient (Wildman–Crippen LogP) is 3.06. The van der Waals surface area contributed by atoms with Gasteiger partial charge in [0, 0.05) is 18.8 Å². The summed E-state index contributed by atoms with van der Waals surface area (Å²) in [5.41, 5.74) is 0.858. The van der Waals surface area contributed by atoms with E-state index in [9.17, 15) is 9.59 Å². The van der Waals surface area contributed by atoms with Crippen LogP contribution in [0.4, 0.5) is 0 Å². The van der Waals surface area contributed by atoms with Crippen LogP contribution in [0.3, 0.4) is 0 Å². The third-order valence-corrected chi connectivity index (χ3v) is 8.46. The van der Waals surface area contributed by atoms with Gasteiger partial charge in [-0.2, -0.15) is 0 Å². The monoisotopic (exact) mass is 374 g/mol. The van der Waals surface area contributed by atoms with Crippen LogP contribution in [-0.4, -0.2) is 42.3 Å². The van der Waals surface area contributed by atoms with Gasteiger partial charge in [-0.05, 0) is 68.4 Å². The van der Waals surface area contributed by atoms with Crippen molar-refractivity contribution < 1.29 is 23.8 Å². The standard InChI is InChI=1S/C22H30O5/c1-12(23)25-10-13-9-15(24)19-14(18(13)16-11-26-16)5-6-17-21(19,4)7-8-22(17)20(2,3)27-22/h9,14,16-19H,5-8,10-11H2,1-4H3/t14-,16-,17+,18+,19+,21-,22+/m1/s1. The van der Waals surface area contributed by atoms with E-state index in [-0.39, 0.29) is 52.9 Å². The number of esters is 1. The number of carbonyl (C=O) groups is 2. The summed E-state index contributed by atoms with van der Waals surface area (Å²) in [5.74, 6) is 0.901. The van der Waals surface area contributed by atoms with Crippen molar-refractivity contribution in [2.75, 3.05) is 13.2 Å². The smallest absolute Gasteiger partial charge is 0.302 e. The summed E-state index contributed by atoms with van der Waals surface area (Å²) < 4.78 is 17.2. The van der Waals surface area contributed by atoms with Crippen molar-refractivity contribution in [3.63, 3.8) is 0 Å². The highest BCUT2D eigenvalue weighted by Gasteiger charge is 2.76. The molecular weight excluding hydrogens is 344 g/mol. The number of hydrogen-bond acceptors (Lipinski definition) is 5. The molecule has 5 rings (SSSR count). The lowest BCUT2D eigenvalue weighted by Gasteiger charge is -2.52. The van der Waals surface area contributed by atoms with Crippen LogP contribution < -0.4 is 0 Å². The maximum absolute atomic E-state index is 13.3. The molecule has 3 aliphatic carbocycles. The third kappa shape index (κ3) is 2.37. The van der Waals surface area contributed by atoms with Crippen molar-refractivity contribution >= 4 is 11.8 Å². The molecule has 0 aromatic heterocycles. The first-order chi connectivity index (χ1) is 12.7. The fraction of sp³-hybridized carbons (Fsp3) is 0.818. The van der Waals surface area contributed by atoms with E-state index < -0.39 is 0 Å². The van der Waals surface area contributed by atoms with Gasteiger partial charge in [0.05, 0.1) is 18.3 Å².